The van der Waals surface area contributed by atoms with Gasteiger partial charge in [-0.25, -0.2) is 4.79 Å². The zero-order valence-corrected chi connectivity index (χ0v) is 17.1. The number of β-lactam (4-membered cyclic amide) rings is 1. The van der Waals surface area contributed by atoms with Gasteiger partial charge in [0.2, 0.25) is 5.91 Å². The van der Waals surface area contributed by atoms with Gasteiger partial charge in [0.1, 0.15) is 11.7 Å². The minimum atomic E-state index is -5.16. The third-order valence-electron chi connectivity index (χ3n) is 5.72. The van der Waals surface area contributed by atoms with Gasteiger partial charge in [0, 0.05) is 25.9 Å². The molecule has 4 heterocycles. The molecule has 0 aliphatic carbocycles. The van der Waals surface area contributed by atoms with Crippen LogP contribution in [-0.2, 0) is 19.2 Å². The summed E-state index contributed by atoms with van der Waals surface area (Å²) in [6.45, 7) is -0.373. The molecule has 172 valence electrons. The molecule has 32 heavy (non-hydrogen) atoms. The number of halogens is 3. The van der Waals surface area contributed by atoms with Gasteiger partial charge in [-0.1, -0.05) is 0 Å². The molecule has 4 rings (SSSR count). The lowest BCUT2D eigenvalue weighted by Crippen LogP contribution is -2.74. The Hall–Kier alpha value is -3.17. The van der Waals surface area contributed by atoms with Gasteiger partial charge in [0.15, 0.2) is 6.33 Å². The van der Waals surface area contributed by atoms with Gasteiger partial charge in [0.25, 0.3) is 5.91 Å². The van der Waals surface area contributed by atoms with Crippen LogP contribution in [0, 0.1) is 5.92 Å². The highest BCUT2D eigenvalue weighted by Gasteiger charge is 2.66. The smallest absolute Gasteiger partial charge is 0.471 e. The first-order chi connectivity index (χ1) is 15.1. The number of carboxylic acids is 1. The highest BCUT2D eigenvalue weighted by Crippen LogP contribution is 2.52. The molecule has 4 atom stereocenters. The highest BCUT2D eigenvalue weighted by molar-refractivity contribution is 7.98. The Bertz CT molecular complexity index is 1010. The Balaban J connectivity index is 1.72. The number of amides is 3. The molecule has 3 aliphatic heterocycles. The number of hydrogen-bond donors (Lipinski definition) is 2. The van der Waals surface area contributed by atoms with Crippen LogP contribution in [0.3, 0.4) is 0 Å². The number of carboxylic acid groups (broad SMARTS) is 1. The van der Waals surface area contributed by atoms with Crippen molar-refractivity contribution in [1.29, 1.82) is 0 Å². The normalized spacial score (nSPS) is 25.4. The Morgan fingerprint density at radius 2 is 2.09 bits per heavy atom. The van der Waals surface area contributed by atoms with Crippen molar-refractivity contribution < 1.29 is 37.5 Å². The summed E-state index contributed by atoms with van der Waals surface area (Å²) >= 11 is 0.946. The minimum absolute atomic E-state index is 0.000703. The number of aliphatic carboxylic acids is 1. The maximum absolute atomic E-state index is 13.0. The van der Waals surface area contributed by atoms with E-state index in [4.69, 9.17) is 0 Å². The third kappa shape index (κ3) is 3.37. The van der Waals surface area contributed by atoms with Gasteiger partial charge in [-0.05, 0) is 34.4 Å². The molecule has 2 unspecified atom stereocenters. The molecule has 0 radical (unpaired) electrons. The number of rotatable bonds is 6. The number of nitrogens with one attached hydrogen (secondary N) is 1. The Kier molecular flexibility index (Phi) is 5.34. The van der Waals surface area contributed by atoms with Gasteiger partial charge in [-0.15, -0.1) is 5.10 Å². The SMILES string of the molecule is CNC(=O)CC(Sn1cnnn1)C1=C(C(=O)O)N2C(=O)[C@@H]3[C@H]2C1CCN3C(=O)C(F)(F)F. The monoisotopic (exact) mass is 475 g/mol. The number of hydrogen-bond acceptors (Lipinski definition) is 8. The number of aromatic nitrogens is 4. The Labute approximate surface area is 181 Å². The number of carbonyl (C=O) groups excluding carboxylic acids is 3. The number of alkyl halides is 3. The van der Waals surface area contributed by atoms with Crippen LogP contribution in [0.2, 0.25) is 0 Å². The molecule has 3 amide bonds. The van der Waals surface area contributed by atoms with Crippen molar-refractivity contribution in [2.45, 2.75) is 36.4 Å². The standard InChI is InChI=1S/C16H16F3N7O5S/c1-20-8(27)4-7(32-25-5-21-22-23-25)9-6-2-3-24(15(31)16(17,18)19)12-10(6)26(13(12)28)11(9)14(29)30/h5-7,10,12H,2-4H2,1H3,(H,20,27)(H,29,30)/t6?,7?,10-,12+/m1/s1. The second kappa shape index (κ2) is 7.75. The summed E-state index contributed by atoms with van der Waals surface area (Å²) in [6.07, 6.45) is -4.10. The van der Waals surface area contributed by atoms with Gasteiger partial charge < -0.3 is 15.3 Å². The van der Waals surface area contributed by atoms with Gasteiger partial charge in [-0.2, -0.15) is 17.3 Å². The van der Waals surface area contributed by atoms with Crippen LogP contribution in [0.5, 0.6) is 0 Å². The molecular formula is C16H16F3N7O5S. The van der Waals surface area contributed by atoms with Crippen molar-refractivity contribution in [2.75, 3.05) is 13.6 Å². The molecule has 0 spiro atoms. The lowest BCUT2D eigenvalue weighted by atomic mass is 9.77. The molecule has 0 saturated carbocycles. The van der Waals surface area contributed by atoms with Crippen molar-refractivity contribution in [3.8, 4) is 0 Å². The number of carbonyl (C=O) groups is 4. The van der Waals surface area contributed by atoms with Crippen LogP contribution >= 0.6 is 11.9 Å². The van der Waals surface area contributed by atoms with Crippen molar-refractivity contribution in [2.24, 2.45) is 5.92 Å². The summed E-state index contributed by atoms with van der Waals surface area (Å²) in [5.41, 5.74) is -0.140. The summed E-state index contributed by atoms with van der Waals surface area (Å²) < 4.78 is 40.2. The van der Waals surface area contributed by atoms with Crippen LogP contribution in [0.1, 0.15) is 12.8 Å². The summed E-state index contributed by atoms with van der Waals surface area (Å²) in [7, 11) is 1.40. The zero-order valence-electron chi connectivity index (χ0n) is 16.3. The topological polar surface area (TPSA) is 151 Å². The quantitative estimate of drug-likeness (QED) is 0.495. The van der Waals surface area contributed by atoms with E-state index >= 15 is 0 Å². The summed E-state index contributed by atoms with van der Waals surface area (Å²) in [5, 5.41) is 22.1. The molecule has 0 bridgehead atoms. The second-order valence-electron chi connectivity index (χ2n) is 7.33. The summed E-state index contributed by atoms with van der Waals surface area (Å²) in [4.78, 5) is 50.2. The van der Waals surface area contributed by atoms with Gasteiger partial charge in [0.05, 0.1) is 11.3 Å². The fraction of sp³-hybridized carbons (Fsp3) is 0.562. The molecule has 12 nitrogen and oxygen atoms in total. The first-order valence-corrected chi connectivity index (χ1v) is 10.2. The van der Waals surface area contributed by atoms with E-state index in [2.05, 4.69) is 20.8 Å². The van der Waals surface area contributed by atoms with E-state index in [1.807, 2.05) is 0 Å². The van der Waals surface area contributed by atoms with Crippen LogP contribution < -0.4 is 5.32 Å². The van der Waals surface area contributed by atoms with E-state index in [9.17, 15) is 37.5 Å². The second-order valence-corrected chi connectivity index (χ2v) is 8.48. The van der Waals surface area contributed by atoms with Crippen LogP contribution in [0.4, 0.5) is 13.2 Å². The average Bonchev–Trinajstić information content (AvgIpc) is 3.35. The minimum Gasteiger partial charge on any atom is -0.477 e. The zero-order chi connectivity index (χ0) is 23.4. The predicted molar refractivity (Wildman–Crippen MR) is 98.2 cm³/mol. The fourth-order valence-corrected chi connectivity index (χ4v) is 5.59. The largest absolute Gasteiger partial charge is 0.477 e. The first-order valence-electron chi connectivity index (χ1n) is 9.35. The molecule has 2 fully saturated rings. The molecule has 2 saturated heterocycles. The Morgan fingerprint density at radius 1 is 1.38 bits per heavy atom. The summed E-state index contributed by atoms with van der Waals surface area (Å²) in [6, 6.07) is -2.35. The third-order valence-corrected chi connectivity index (χ3v) is 6.78. The van der Waals surface area contributed by atoms with Crippen molar-refractivity contribution in [3.05, 3.63) is 17.6 Å². The van der Waals surface area contributed by atoms with E-state index in [1.165, 1.54) is 17.5 Å². The van der Waals surface area contributed by atoms with E-state index in [0.29, 0.717) is 4.90 Å². The van der Waals surface area contributed by atoms with E-state index in [1.54, 1.807) is 0 Å². The lowest BCUT2D eigenvalue weighted by Gasteiger charge is -2.53. The first kappa shape index (κ1) is 22.0. The number of nitrogens with zero attached hydrogens (tertiary/aromatic N) is 6. The van der Waals surface area contributed by atoms with E-state index in [-0.39, 0.29) is 30.7 Å². The Morgan fingerprint density at radius 3 is 2.66 bits per heavy atom. The molecular weight excluding hydrogens is 459 g/mol. The van der Waals surface area contributed by atoms with Crippen LogP contribution in [0.15, 0.2) is 17.6 Å². The average molecular weight is 475 g/mol. The highest BCUT2D eigenvalue weighted by atomic mass is 32.2. The van der Waals surface area contributed by atoms with Crippen molar-refractivity contribution in [3.63, 3.8) is 0 Å². The molecule has 2 N–H and O–H groups in total. The van der Waals surface area contributed by atoms with Gasteiger partial charge >= 0.3 is 18.1 Å². The van der Waals surface area contributed by atoms with Crippen LogP contribution in [0.25, 0.3) is 0 Å². The van der Waals surface area contributed by atoms with E-state index in [0.717, 1.165) is 16.8 Å². The maximum atomic E-state index is 13.0. The number of likely N-dealkylation sites (tertiary alicyclic amines) is 1. The van der Waals surface area contributed by atoms with Crippen molar-refractivity contribution in [1.82, 2.24) is 34.7 Å². The molecule has 1 aromatic heterocycles. The molecule has 3 aliphatic rings. The summed E-state index contributed by atoms with van der Waals surface area (Å²) in [5.74, 6) is -5.54. The predicted octanol–water partition coefficient (Wildman–Crippen LogP) is -0.983. The fourth-order valence-electron chi connectivity index (χ4n) is 4.53. The number of tetrazole rings is 1. The molecule has 0 aromatic carbocycles. The molecule has 1 aromatic rings. The number of piperidine rings is 1. The molecule has 16 heteroatoms. The maximum Gasteiger partial charge on any atom is 0.471 e. The van der Waals surface area contributed by atoms with E-state index < -0.39 is 53.1 Å². The lowest BCUT2D eigenvalue weighted by molar-refractivity contribution is -0.198. The van der Waals surface area contributed by atoms with Gasteiger partial charge in [-0.3, -0.25) is 19.3 Å². The van der Waals surface area contributed by atoms with Crippen molar-refractivity contribution >= 4 is 35.6 Å². The van der Waals surface area contributed by atoms with Crippen LogP contribution in [-0.4, -0.2) is 95.3 Å².